The van der Waals surface area contributed by atoms with Crippen molar-refractivity contribution in [2.75, 3.05) is 6.54 Å². The van der Waals surface area contributed by atoms with Gasteiger partial charge in [0, 0.05) is 17.6 Å². The molecular formula is C13H15ClN2. The Kier molecular flexibility index (Phi) is 3.48. The van der Waals surface area contributed by atoms with Crippen LogP contribution >= 0.6 is 11.6 Å². The van der Waals surface area contributed by atoms with Crippen molar-refractivity contribution in [3.05, 3.63) is 34.3 Å². The van der Waals surface area contributed by atoms with Crippen molar-refractivity contribution in [1.29, 1.82) is 5.26 Å². The predicted octanol–water partition coefficient (Wildman–Crippen LogP) is 3.20. The second kappa shape index (κ2) is 4.86. The van der Waals surface area contributed by atoms with E-state index in [4.69, 9.17) is 16.9 Å². The fourth-order valence-electron chi connectivity index (χ4n) is 2.19. The molecule has 1 heterocycles. The molecule has 16 heavy (non-hydrogen) atoms. The molecule has 0 spiro atoms. The number of nitrogens with zero attached hydrogens (tertiary/aromatic N) is 2. The molecule has 0 radical (unpaired) electrons. The lowest BCUT2D eigenvalue weighted by Gasteiger charge is -2.21. The fraction of sp³-hybridized carbons (Fsp3) is 0.462. The van der Waals surface area contributed by atoms with Gasteiger partial charge in [0.25, 0.3) is 0 Å². The Morgan fingerprint density at radius 1 is 1.56 bits per heavy atom. The highest BCUT2D eigenvalue weighted by atomic mass is 35.5. The van der Waals surface area contributed by atoms with Gasteiger partial charge in [-0.25, -0.2) is 0 Å². The Morgan fingerprint density at radius 3 is 2.94 bits per heavy atom. The molecule has 0 saturated carbocycles. The van der Waals surface area contributed by atoms with Crippen molar-refractivity contribution in [3.63, 3.8) is 0 Å². The third kappa shape index (κ3) is 2.37. The van der Waals surface area contributed by atoms with E-state index in [1.54, 1.807) is 6.07 Å². The van der Waals surface area contributed by atoms with Crippen molar-refractivity contribution in [2.45, 2.75) is 32.4 Å². The Balaban J connectivity index is 2.13. The monoisotopic (exact) mass is 234 g/mol. The van der Waals surface area contributed by atoms with Crippen molar-refractivity contribution in [1.82, 2.24) is 4.90 Å². The van der Waals surface area contributed by atoms with Crippen LogP contribution in [-0.4, -0.2) is 17.5 Å². The SMILES string of the molecule is CC1CCCN1Cc1ccc(C#N)cc1Cl. The van der Waals surface area contributed by atoms with Crippen LogP contribution in [0.1, 0.15) is 30.9 Å². The number of likely N-dealkylation sites (tertiary alicyclic amines) is 1. The summed E-state index contributed by atoms with van der Waals surface area (Å²) in [5.74, 6) is 0. The molecule has 1 unspecified atom stereocenters. The van der Waals surface area contributed by atoms with Crippen LogP contribution in [0.25, 0.3) is 0 Å². The third-order valence-electron chi connectivity index (χ3n) is 3.25. The van der Waals surface area contributed by atoms with Gasteiger partial charge in [0.15, 0.2) is 0 Å². The van der Waals surface area contributed by atoms with Gasteiger partial charge < -0.3 is 0 Å². The van der Waals surface area contributed by atoms with E-state index in [-0.39, 0.29) is 0 Å². The van der Waals surface area contributed by atoms with Gasteiger partial charge in [-0.15, -0.1) is 0 Å². The molecule has 2 nitrogen and oxygen atoms in total. The quantitative estimate of drug-likeness (QED) is 0.786. The van der Waals surface area contributed by atoms with E-state index >= 15 is 0 Å². The van der Waals surface area contributed by atoms with Gasteiger partial charge in [0.05, 0.1) is 11.6 Å². The second-order valence-electron chi connectivity index (χ2n) is 4.38. The maximum atomic E-state index is 8.76. The van der Waals surface area contributed by atoms with Gasteiger partial charge >= 0.3 is 0 Å². The van der Waals surface area contributed by atoms with E-state index in [1.807, 2.05) is 12.1 Å². The molecule has 0 amide bonds. The summed E-state index contributed by atoms with van der Waals surface area (Å²) in [4.78, 5) is 2.44. The maximum absolute atomic E-state index is 8.76. The molecule has 1 atom stereocenters. The number of nitriles is 1. The first-order chi connectivity index (χ1) is 7.70. The molecule has 1 aromatic rings. The van der Waals surface area contributed by atoms with E-state index in [1.165, 1.54) is 12.8 Å². The first kappa shape index (κ1) is 11.4. The second-order valence-corrected chi connectivity index (χ2v) is 4.79. The fourth-order valence-corrected chi connectivity index (χ4v) is 2.43. The molecule has 1 aliphatic heterocycles. The number of halogens is 1. The Hall–Kier alpha value is -1.04. The molecule has 0 bridgehead atoms. The minimum Gasteiger partial charge on any atom is -0.296 e. The molecule has 1 fully saturated rings. The number of hydrogen-bond donors (Lipinski definition) is 0. The topological polar surface area (TPSA) is 27.0 Å². The van der Waals surface area contributed by atoms with Gasteiger partial charge in [-0.05, 0) is 44.0 Å². The summed E-state index contributed by atoms with van der Waals surface area (Å²) in [5, 5.41) is 9.47. The van der Waals surface area contributed by atoms with E-state index in [0.717, 1.165) is 18.7 Å². The highest BCUT2D eigenvalue weighted by Crippen LogP contribution is 2.24. The maximum Gasteiger partial charge on any atom is 0.0992 e. The summed E-state index contributed by atoms with van der Waals surface area (Å²) in [6, 6.07) is 8.29. The minimum absolute atomic E-state index is 0.628. The summed E-state index contributed by atoms with van der Waals surface area (Å²) in [7, 11) is 0. The zero-order valence-electron chi connectivity index (χ0n) is 9.41. The highest BCUT2D eigenvalue weighted by molar-refractivity contribution is 6.31. The van der Waals surface area contributed by atoms with E-state index in [2.05, 4.69) is 17.9 Å². The largest absolute Gasteiger partial charge is 0.296 e. The number of hydrogen-bond acceptors (Lipinski definition) is 2. The van der Waals surface area contributed by atoms with Crippen LogP contribution in [0.15, 0.2) is 18.2 Å². The normalized spacial score (nSPS) is 20.9. The minimum atomic E-state index is 0.628. The molecule has 0 N–H and O–H groups in total. The van der Waals surface area contributed by atoms with Crippen LogP contribution in [0.3, 0.4) is 0 Å². The van der Waals surface area contributed by atoms with E-state index in [0.29, 0.717) is 16.6 Å². The molecule has 2 rings (SSSR count). The summed E-state index contributed by atoms with van der Waals surface area (Å²) in [6.07, 6.45) is 2.54. The third-order valence-corrected chi connectivity index (χ3v) is 3.60. The van der Waals surface area contributed by atoms with Crippen LogP contribution in [0.4, 0.5) is 0 Å². The first-order valence-electron chi connectivity index (χ1n) is 5.63. The van der Waals surface area contributed by atoms with Gasteiger partial charge in [-0.3, -0.25) is 4.90 Å². The average Bonchev–Trinajstić information content (AvgIpc) is 2.67. The van der Waals surface area contributed by atoms with Gasteiger partial charge in [-0.1, -0.05) is 17.7 Å². The lowest BCUT2D eigenvalue weighted by molar-refractivity contribution is 0.260. The summed E-state index contributed by atoms with van der Waals surface area (Å²) < 4.78 is 0. The number of benzene rings is 1. The van der Waals surface area contributed by atoms with Crippen molar-refractivity contribution >= 4 is 11.6 Å². The van der Waals surface area contributed by atoms with Crippen LogP contribution < -0.4 is 0 Å². The van der Waals surface area contributed by atoms with Crippen LogP contribution in [-0.2, 0) is 6.54 Å². The zero-order chi connectivity index (χ0) is 11.5. The molecular weight excluding hydrogens is 220 g/mol. The van der Waals surface area contributed by atoms with Gasteiger partial charge in [-0.2, -0.15) is 5.26 Å². The van der Waals surface area contributed by atoms with Crippen LogP contribution in [0, 0.1) is 11.3 Å². The van der Waals surface area contributed by atoms with Crippen LogP contribution in [0.2, 0.25) is 5.02 Å². The van der Waals surface area contributed by atoms with E-state index < -0.39 is 0 Å². The molecule has 0 aliphatic carbocycles. The molecule has 1 saturated heterocycles. The highest BCUT2D eigenvalue weighted by Gasteiger charge is 2.20. The zero-order valence-corrected chi connectivity index (χ0v) is 10.2. The lowest BCUT2D eigenvalue weighted by Crippen LogP contribution is -2.26. The molecule has 84 valence electrons. The predicted molar refractivity (Wildman–Crippen MR) is 65.3 cm³/mol. The smallest absolute Gasteiger partial charge is 0.0992 e. The Bertz CT molecular complexity index is 422. The Labute approximate surface area is 101 Å². The number of rotatable bonds is 2. The summed E-state index contributed by atoms with van der Waals surface area (Å²) in [6.45, 7) is 4.30. The first-order valence-corrected chi connectivity index (χ1v) is 6.01. The molecule has 3 heteroatoms. The standard InChI is InChI=1S/C13H15ClN2/c1-10-3-2-6-16(10)9-12-5-4-11(8-15)7-13(12)14/h4-5,7,10H,2-3,6,9H2,1H3. The van der Waals surface area contributed by atoms with E-state index in [9.17, 15) is 0 Å². The molecule has 1 aromatic carbocycles. The average molecular weight is 235 g/mol. The van der Waals surface area contributed by atoms with Gasteiger partial charge in [0.1, 0.15) is 0 Å². The van der Waals surface area contributed by atoms with Crippen molar-refractivity contribution in [2.24, 2.45) is 0 Å². The van der Waals surface area contributed by atoms with Crippen LogP contribution in [0.5, 0.6) is 0 Å². The lowest BCUT2D eigenvalue weighted by atomic mass is 10.1. The molecule has 0 aromatic heterocycles. The molecule has 1 aliphatic rings. The van der Waals surface area contributed by atoms with Crippen molar-refractivity contribution in [3.8, 4) is 6.07 Å². The summed E-state index contributed by atoms with van der Waals surface area (Å²) in [5.41, 5.74) is 1.75. The Morgan fingerprint density at radius 2 is 2.38 bits per heavy atom. The van der Waals surface area contributed by atoms with Crippen molar-refractivity contribution < 1.29 is 0 Å². The van der Waals surface area contributed by atoms with Gasteiger partial charge in [0.2, 0.25) is 0 Å². The summed E-state index contributed by atoms with van der Waals surface area (Å²) >= 11 is 6.16.